The van der Waals surface area contributed by atoms with Crippen molar-refractivity contribution in [2.45, 2.75) is 18.9 Å². The van der Waals surface area contributed by atoms with Gasteiger partial charge in [0.2, 0.25) is 0 Å². The second kappa shape index (κ2) is 3.04. The summed E-state index contributed by atoms with van der Waals surface area (Å²) in [6.45, 7) is 0.556. The van der Waals surface area contributed by atoms with Gasteiger partial charge >= 0.3 is 6.09 Å². The SMILES string of the molecule is O=C(O)N1CCCC1c1cnno1. The number of likely N-dealkylation sites (tertiary alicyclic amines) is 1. The standard InChI is InChI=1S/C7H9N3O3/c11-7(12)10-3-1-2-5(10)6-4-8-9-13-6/h4-5H,1-3H2,(H,11,12). The summed E-state index contributed by atoms with van der Waals surface area (Å²) in [5.41, 5.74) is 0. The molecule has 1 saturated heterocycles. The van der Waals surface area contributed by atoms with Crippen molar-refractivity contribution >= 4 is 6.09 Å². The number of amides is 1. The van der Waals surface area contributed by atoms with Gasteiger partial charge in [0.1, 0.15) is 0 Å². The molecule has 6 heteroatoms. The molecular weight excluding hydrogens is 174 g/mol. The van der Waals surface area contributed by atoms with Crippen molar-refractivity contribution in [3.8, 4) is 0 Å². The molecule has 1 fully saturated rings. The number of carboxylic acid groups (broad SMARTS) is 1. The van der Waals surface area contributed by atoms with Gasteiger partial charge in [0, 0.05) is 11.8 Å². The van der Waals surface area contributed by atoms with Gasteiger partial charge in [-0.3, -0.25) is 4.90 Å². The number of nitrogens with zero attached hydrogens (tertiary/aromatic N) is 3. The quantitative estimate of drug-likeness (QED) is 0.699. The van der Waals surface area contributed by atoms with Crippen molar-refractivity contribution in [3.63, 3.8) is 0 Å². The van der Waals surface area contributed by atoms with Crippen LogP contribution in [0, 0.1) is 0 Å². The molecule has 1 N–H and O–H groups in total. The van der Waals surface area contributed by atoms with Gasteiger partial charge in [0.15, 0.2) is 5.76 Å². The van der Waals surface area contributed by atoms with Crippen molar-refractivity contribution in [1.29, 1.82) is 0 Å². The van der Waals surface area contributed by atoms with E-state index in [9.17, 15) is 4.79 Å². The summed E-state index contributed by atoms with van der Waals surface area (Å²) < 4.78 is 4.83. The van der Waals surface area contributed by atoms with Crippen LogP contribution in [0.15, 0.2) is 10.7 Å². The topological polar surface area (TPSA) is 79.5 Å². The molecule has 2 rings (SSSR count). The number of hydrogen-bond acceptors (Lipinski definition) is 4. The minimum Gasteiger partial charge on any atom is -0.465 e. The Bertz CT molecular complexity index is 298. The molecule has 2 heterocycles. The van der Waals surface area contributed by atoms with Crippen molar-refractivity contribution in [2.75, 3.05) is 6.54 Å². The molecule has 1 unspecified atom stereocenters. The maximum Gasteiger partial charge on any atom is 0.407 e. The summed E-state index contributed by atoms with van der Waals surface area (Å²) >= 11 is 0. The fraction of sp³-hybridized carbons (Fsp3) is 0.571. The summed E-state index contributed by atoms with van der Waals surface area (Å²) in [6, 6.07) is -0.201. The number of carbonyl (C=O) groups is 1. The predicted molar refractivity (Wildman–Crippen MR) is 41.0 cm³/mol. The first-order valence-corrected chi connectivity index (χ1v) is 4.06. The molecule has 0 aromatic carbocycles. The molecule has 6 nitrogen and oxygen atoms in total. The van der Waals surface area contributed by atoms with E-state index < -0.39 is 6.09 Å². The van der Waals surface area contributed by atoms with E-state index in [1.165, 1.54) is 11.1 Å². The van der Waals surface area contributed by atoms with Crippen LogP contribution in [-0.4, -0.2) is 33.0 Å². The zero-order valence-electron chi connectivity index (χ0n) is 6.88. The van der Waals surface area contributed by atoms with E-state index in [2.05, 4.69) is 10.4 Å². The lowest BCUT2D eigenvalue weighted by Gasteiger charge is -2.17. The summed E-state index contributed by atoms with van der Waals surface area (Å²) in [5, 5.41) is 15.7. The van der Waals surface area contributed by atoms with Gasteiger partial charge in [-0.05, 0) is 12.8 Å². The molecule has 1 aromatic heterocycles. The van der Waals surface area contributed by atoms with Gasteiger partial charge < -0.3 is 9.63 Å². The van der Waals surface area contributed by atoms with Crippen molar-refractivity contribution in [2.24, 2.45) is 0 Å². The minimum atomic E-state index is -0.918. The highest BCUT2D eigenvalue weighted by molar-refractivity contribution is 5.66. The Hall–Kier alpha value is -1.59. The fourth-order valence-electron chi connectivity index (χ4n) is 1.61. The average molecular weight is 183 g/mol. The lowest BCUT2D eigenvalue weighted by molar-refractivity contribution is 0.133. The van der Waals surface area contributed by atoms with Crippen LogP contribution in [0.4, 0.5) is 4.79 Å². The zero-order valence-corrected chi connectivity index (χ0v) is 6.88. The first kappa shape index (κ1) is 8.03. The number of rotatable bonds is 1. The van der Waals surface area contributed by atoms with Gasteiger partial charge in [-0.25, -0.2) is 4.79 Å². The fourth-order valence-corrected chi connectivity index (χ4v) is 1.61. The van der Waals surface area contributed by atoms with Crippen LogP contribution in [0.5, 0.6) is 0 Å². The second-order valence-electron chi connectivity index (χ2n) is 2.95. The van der Waals surface area contributed by atoms with E-state index in [0.29, 0.717) is 12.3 Å². The largest absolute Gasteiger partial charge is 0.465 e. The molecule has 1 amide bonds. The molecule has 0 aliphatic carbocycles. The minimum absolute atomic E-state index is 0.201. The Morgan fingerprint density at radius 2 is 2.62 bits per heavy atom. The molecular formula is C7H9N3O3. The first-order valence-electron chi connectivity index (χ1n) is 4.06. The lowest BCUT2D eigenvalue weighted by Crippen LogP contribution is -2.28. The van der Waals surface area contributed by atoms with Gasteiger partial charge in [-0.2, -0.15) is 0 Å². The molecule has 0 radical (unpaired) electrons. The van der Waals surface area contributed by atoms with Crippen molar-refractivity contribution in [3.05, 3.63) is 12.0 Å². The van der Waals surface area contributed by atoms with E-state index in [4.69, 9.17) is 9.63 Å². The van der Waals surface area contributed by atoms with Crippen LogP contribution in [-0.2, 0) is 0 Å². The second-order valence-corrected chi connectivity index (χ2v) is 2.95. The maximum absolute atomic E-state index is 10.8. The van der Waals surface area contributed by atoms with Gasteiger partial charge in [0.25, 0.3) is 0 Å². The molecule has 0 bridgehead atoms. The molecule has 70 valence electrons. The Morgan fingerprint density at radius 1 is 1.77 bits per heavy atom. The van der Waals surface area contributed by atoms with Crippen LogP contribution < -0.4 is 0 Å². The Morgan fingerprint density at radius 3 is 3.23 bits per heavy atom. The average Bonchev–Trinajstić information content (AvgIpc) is 2.74. The van der Waals surface area contributed by atoms with E-state index in [1.807, 2.05) is 0 Å². The zero-order chi connectivity index (χ0) is 9.26. The highest BCUT2D eigenvalue weighted by atomic mass is 16.5. The summed E-state index contributed by atoms with van der Waals surface area (Å²) in [7, 11) is 0. The van der Waals surface area contributed by atoms with Crippen LogP contribution in [0.3, 0.4) is 0 Å². The van der Waals surface area contributed by atoms with E-state index in [1.54, 1.807) is 0 Å². The normalized spacial score (nSPS) is 22.2. The van der Waals surface area contributed by atoms with E-state index in [-0.39, 0.29) is 6.04 Å². The number of hydrogen-bond donors (Lipinski definition) is 1. The van der Waals surface area contributed by atoms with Crippen molar-refractivity contribution in [1.82, 2.24) is 15.3 Å². The Labute approximate surface area is 74.1 Å². The third-order valence-corrected chi connectivity index (χ3v) is 2.21. The predicted octanol–water partition coefficient (Wildman–Crippen LogP) is 0.885. The summed E-state index contributed by atoms with van der Waals surface area (Å²) in [4.78, 5) is 12.1. The van der Waals surface area contributed by atoms with Gasteiger partial charge in [-0.1, -0.05) is 0 Å². The summed E-state index contributed by atoms with van der Waals surface area (Å²) in [5.74, 6) is 0.528. The molecule has 0 spiro atoms. The molecule has 13 heavy (non-hydrogen) atoms. The molecule has 1 aromatic rings. The molecule has 1 atom stereocenters. The molecule has 0 saturated carbocycles. The summed E-state index contributed by atoms with van der Waals surface area (Å²) in [6.07, 6.45) is 2.19. The van der Waals surface area contributed by atoms with Crippen molar-refractivity contribution < 1.29 is 14.4 Å². The highest BCUT2D eigenvalue weighted by Gasteiger charge is 2.32. The first-order chi connectivity index (χ1) is 6.29. The highest BCUT2D eigenvalue weighted by Crippen LogP contribution is 2.30. The van der Waals surface area contributed by atoms with Crippen LogP contribution in [0.1, 0.15) is 24.6 Å². The maximum atomic E-state index is 10.8. The Kier molecular flexibility index (Phi) is 1.88. The Balaban J connectivity index is 2.19. The molecule has 1 aliphatic rings. The lowest BCUT2D eigenvalue weighted by atomic mass is 10.2. The van der Waals surface area contributed by atoms with Crippen LogP contribution >= 0.6 is 0 Å². The smallest absolute Gasteiger partial charge is 0.407 e. The number of aromatic nitrogens is 2. The van der Waals surface area contributed by atoms with Crippen LogP contribution in [0.25, 0.3) is 0 Å². The van der Waals surface area contributed by atoms with Gasteiger partial charge in [0.05, 0.1) is 12.2 Å². The third-order valence-electron chi connectivity index (χ3n) is 2.21. The monoisotopic (exact) mass is 183 g/mol. The third kappa shape index (κ3) is 1.34. The van der Waals surface area contributed by atoms with Gasteiger partial charge in [-0.15, -0.1) is 5.10 Å². The van der Waals surface area contributed by atoms with E-state index in [0.717, 1.165) is 12.8 Å². The van der Waals surface area contributed by atoms with E-state index >= 15 is 0 Å². The van der Waals surface area contributed by atoms with Crippen LogP contribution in [0.2, 0.25) is 0 Å². The molecule has 1 aliphatic heterocycles.